The van der Waals surface area contributed by atoms with E-state index in [4.69, 9.17) is 4.74 Å². The molecule has 0 saturated carbocycles. The number of halogens is 1. The van der Waals surface area contributed by atoms with Crippen LogP contribution in [0.15, 0.2) is 0 Å². The summed E-state index contributed by atoms with van der Waals surface area (Å²) in [6, 6.07) is 0. The fourth-order valence-corrected chi connectivity index (χ4v) is 4.59. The van der Waals surface area contributed by atoms with Gasteiger partial charge in [-0.25, -0.2) is 0 Å². The van der Waals surface area contributed by atoms with Crippen molar-refractivity contribution >= 4 is 0 Å². The van der Waals surface area contributed by atoms with E-state index in [1.165, 1.54) is 17.4 Å². The molecule has 0 aliphatic carbocycles. The monoisotopic (exact) mass is 297 g/mol. The number of nitrogens with zero attached hydrogens (tertiary/aromatic N) is 2. The molecule has 2 saturated heterocycles. The molecule has 4 heteroatoms. The van der Waals surface area contributed by atoms with Crippen LogP contribution in [0.3, 0.4) is 0 Å². The van der Waals surface area contributed by atoms with Gasteiger partial charge in [-0.2, -0.15) is 0 Å². The van der Waals surface area contributed by atoms with Crippen LogP contribution in [0, 0.1) is 0 Å². The van der Waals surface area contributed by atoms with E-state index < -0.39 is 0 Å². The third-order valence-corrected chi connectivity index (χ3v) is 6.20. The Morgan fingerprint density at radius 1 is 1.31 bits per heavy atom. The fourth-order valence-electron chi connectivity index (χ4n) is 1.96. The Labute approximate surface area is 91.0 Å². The van der Waals surface area contributed by atoms with Crippen LogP contribution in [-0.4, -0.2) is 58.4 Å². The van der Waals surface area contributed by atoms with Gasteiger partial charge in [0, 0.05) is 0 Å². The van der Waals surface area contributed by atoms with E-state index in [1.807, 2.05) is 0 Å². The molecule has 0 amide bonds. The fraction of sp³-hybridized carbons (Fsp3) is 1.00. The molecular weight excluding hydrogens is 279 g/mol. The van der Waals surface area contributed by atoms with Gasteiger partial charge in [0.15, 0.2) is 0 Å². The van der Waals surface area contributed by atoms with Crippen LogP contribution < -0.4 is 21.5 Å². The van der Waals surface area contributed by atoms with Crippen LogP contribution in [0.5, 0.6) is 0 Å². The van der Waals surface area contributed by atoms with Crippen LogP contribution in [-0.2, 0) is 4.74 Å². The standard InChI is InChI=1S/C9H18IN2O/c1-11-5-6-13-9(8-11)3-4-12(2)10-7-9/h3-8H2,1-2H3/q-1. The van der Waals surface area contributed by atoms with Crippen LogP contribution in [0.25, 0.3) is 0 Å². The van der Waals surface area contributed by atoms with Crippen molar-refractivity contribution in [2.24, 2.45) is 0 Å². The Kier molecular flexibility index (Phi) is 3.12. The second kappa shape index (κ2) is 4.00. The summed E-state index contributed by atoms with van der Waals surface area (Å²) < 4.78 is 9.80. The minimum atomic E-state index is 0.240. The summed E-state index contributed by atoms with van der Waals surface area (Å²) in [6.45, 7) is 4.43. The molecule has 2 aliphatic rings. The molecule has 1 unspecified atom stereocenters. The Morgan fingerprint density at radius 3 is 2.77 bits per heavy atom. The molecule has 2 fully saturated rings. The summed E-state index contributed by atoms with van der Waals surface area (Å²) in [5.74, 6) is 0. The molecule has 0 aromatic carbocycles. The van der Waals surface area contributed by atoms with Crippen molar-refractivity contribution < 1.29 is 26.2 Å². The number of hydrogen-bond acceptors (Lipinski definition) is 3. The van der Waals surface area contributed by atoms with Gasteiger partial charge in [-0.15, -0.1) is 0 Å². The second-order valence-corrected chi connectivity index (χ2v) is 7.19. The van der Waals surface area contributed by atoms with E-state index in [0.29, 0.717) is 0 Å². The zero-order valence-corrected chi connectivity index (χ0v) is 10.6. The first-order chi connectivity index (χ1) is 6.20. The molecule has 2 rings (SSSR count). The first-order valence-corrected chi connectivity index (χ1v) is 7.32. The van der Waals surface area contributed by atoms with Gasteiger partial charge in [-0.3, -0.25) is 0 Å². The van der Waals surface area contributed by atoms with Crippen molar-refractivity contribution in [2.75, 3.05) is 44.8 Å². The van der Waals surface area contributed by atoms with Gasteiger partial charge in [0.25, 0.3) is 0 Å². The zero-order chi connectivity index (χ0) is 9.31. The molecular formula is C9H18IN2O-. The maximum atomic E-state index is 5.98. The number of likely N-dealkylation sites (N-methyl/N-ethyl adjacent to an activating group) is 1. The third-order valence-electron chi connectivity index (χ3n) is 2.82. The molecule has 0 aromatic heterocycles. The summed E-state index contributed by atoms with van der Waals surface area (Å²) in [6.07, 6.45) is 1.23. The molecule has 0 bridgehead atoms. The second-order valence-electron chi connectivity index (χ2n) is 4.10. The number of alkyl halides is 1. The Hall–Kier alpha value is 0.610. The van der Waals surface area contributed by atoms with Crippen LogP contribution in [0.4, 0.5) is 0 Å². The van der Waals surface area contributed by atoms with Crippen LogP contribution in [0.1, 0.15) is 6.42 Å². The maximum absolute atomic E-state index is 5.98. The van der Waals surface area contributed by atoms with Crippen molar-refractivity contribution in [3.8, 4) is 0 Å². The quantitative estimate of drug-likeness (QED) is 0.270. The van der Waals surface area contributed by atoms with Gasteiger partial charge >= 0.3 is 91.0 Å². The predicted molar refractivity (Wildman–Crippen MR) is 48.3 cm³/mol. The van der Waals surface area contributed by atoms with Crippen molar-refractivity contribution in [1.29, 1.82) is 0 Å². The first kappa shape index (κ1) is 10.1. The third kappa shape index (κ3) is 2.34. The Bertz CT molecular complexity index is 180. The number of morpholine rings is 1. The molecule has 1 spiro atoms. The molecule has 78 valence electrons. The van der Waals surface area contributed by atoms with E-state index in [0.717, 1.165) is 19.7 Å². The van der Waals surface area contributed by atoms with Crippen LogP contribution >= 0.6 is 0 Å². The number of rotatable bonds is 0. The SMILES string of the molecule is CN1CCOC2(CCN(C)[I-]C2)C1. The van der Waals surface area contributed by atoms with Crippen molar-refractivity contribution in [2.45, 2.75) is 12.0 Å². The molecule has 13 heavy (non-hydrogen) atoms. The van der Waals surface area contributed by atoms with Gasteiger partial charge in [0.2, 0.25) is 0 Å². The van der Waals surface area contributed by atoms with E-state index in [1.54, 1.807) is 0 Å². The summed E-state index contributed by atoms with van der Waals surface area (Å²) in [7, 11) is 4.45. The molecule has 3 nitrogen and oxygen atoms in total. The minimum absolute atomic E-state index is 0.240. The predicted octanol–water partition coefficient (Wildman–Crippen LogP) is -2.97. The topological polar surface area (TPSA) is 15.7 Å². The van der Waals surface area contributed by atoms with Crippen molar-refractivity contribution in [3.05, 3.63) is 0 Å². The summed E-state index contributed by atoms with van der Waals surface area (Å²) in [5, 5.41) is 0. The average molecular weight is 297 g/mol. The van der Waals surface area contributed by atoms with Gasteiger partial charge in [0.05, 0.1) is 0 Å². The van der Waals surface area contributed by atoms with Gasteiger partial charge in [0.1, 0.15) is 0 Å². The summed E-state index contributed by atoms with van der Waals surface area (Å²) in [5.41, 5.74) is 0.243. The Balaban J connectivity index is 1.95. The first-order valence-electron chi connectivity index (χ1n) is 4.83. The molecule has 0 aromatic rings. The normalized spacial score (nSPS) is 38.9. The molecule has 2 heterocycles. The number of ether oxygens (including phenoxy) is 1. The van der Waals surface area contributed by atoms with Gasteiger partial charge < -0.3 is 0 Å². The average Bonchev–Trinajstić information content (AvgIpc) is 2.11. The van der Waals surface area contributed by atoms with E-state index in [9.17, 15) is 0 Å². The molecule has 1 atom stereocenters. The molecule has 2 aliphatic heterocycles. The summed E-state index contributed by atoms with van der Waals surface area (Å²) in [4.78, 5) is 2.42. The molecule has 0 radical (unpaired) electrons. The van der Waals surface area contributed by atoms with Crippen molar-refractivity contribution in [1.82, 2.24) is 8.01 Å². The van der Waals surface area contributed by atoms with E-state index >= 15 is 0 Å². The van der Waals surface area contributed by atoms with Gasteiger partial charge in [-0.1, -0.05) is 0 Å². The Morgan fingerprint density at radius 2 is 2.15 bits per heavy atom. The molecule has 0 N–H and O–H groups in total. The van der Waals surface area contributed by atoms with Crippen molar-refractivity contribution in [3.63, 3.8) is 0 Å². The van der Waals surface area contributed by atoms with E-state index in [-0.39, 0.29) is 27.1 Å². The van der Waals surface area contributed by atoms with Crippen LogP contribution in [0.2, 0.25) is 0 Å². The zero-order valence-electron chi connectivity index (χ0n) is 8.42. The van der Waals surface area contributed by atoms with E-state index in [2.05, 4.69) is 22.1 Å². The van der Waals surface area contributed by atoms with Gasteiger partial charge in [-0.05, 0) is 0 Å². The number of hydrogen-bond donors (Lipinski definition) is 0. The summed E-state index contributed by atoms with van der Waals surface area (Å²) >= 11 is 0.240.